The number of carboxylic acids is 2. The predicted octanol–water partition coefficient (Wildman–Crippen LogP) is -1.22. The summed E-state index contributed by atoms with van der Waals surface area (Å²) in [7, 11) is 0. The largest absolute Gasteiger partial charge is 0.550 e. The molecule has 0 aliphatic heterocycles. The van der Waals surface area contributed by atoms with E-state index in [1.807, 2.05) is 0 Å². The summed E-state index contributed by atoms with van der Waals surface area (Å²) in [6, 6.07) is 0. The predicted molar refractivity (Wildman–Crippen MR) is 49.4 cm³/mol. The minimum Gasteiger partial charge on any atom is -0.550 e. The van der Waals surface area contributed by atoms with Crippen molar-refractivity contribution < 1.29 is 19.8 Å². The van der Waals surface area contributed by atoms with Crippen molar-refractivity contribution in [3.63, 3.8) is 0 Å². The van der Waals surface area contributed by atoms with Gasteiger partial charge in [-0.2, -0.15) is 0 Å². The summed E-state index contributed by atoms with van der Waals surface area (Å²) in [5.41, 5.74) is 0. The van der Waals surface area contributed by atoms with Crippen LogP contribution < -0.4 is 10.2 Å². The van der Waals surface area contributed by atoms with Gasteiger partial charge >= 0.3 is 0 Å². The standard InChI is InChI=1S/C12H16O4/c13-11(14)9-5-1-2-6-8(4-3-7(5)9)10(6)12(15)16/h5-10H,1-4H2,(H,13,14)(H,15,16)/p-2/t5-,6+,7-,8+,9?,10?. The number of hydrogen-bond acceptors (Lipinski definition) is 4. The zero-order valence-corrected chi connectivity index (χ0v) is 8.93. The molecule has 88 valence electrons. The molecule has 0 unspecified atom stereocenters. The number of fused-ring (bicyclic) bond motifs is 2. The van der Waals surface area contributed by atoms with Crippen LogP contribution in [-0.2, 0) is 9.59 Å². The topological polar surface area (TPSA) is 80.3 Å². The minimum absolute atomic E-state index is 0.251. The molecule has 0 heterocycles. The molecule has 0 radical (unpaired) electrons. The van der Waals surface area contributed by atoms with E-state index in [-0.39, 0.29) is 35.5 Å². The molecule has 0 spiro atoms. The molecule has 4 atom stereocenters. The maximum absolute atomic E-state index is 10.8. The molecular formula is C12H14O4-2. The molecule has 0 N–H and O–H groups in total. The number of carboxylic acid groups (broad SMARTS) is 2. The van der Waals surface area contributed by atoms with Crippen LogP contribution in [0.4, 0.5) is 0 Å². The maximum atomic E-state index is 10.8. The average Bonchev–Trinajstić information content (AvgIpc) is 3.00. The van der Waals surface area contributed by atoms with Gasteiger partial charge in [0.05, 0.1) is 0 Å². The van der Waals surface area contributed by atoms with E-state index in [2.05, 4.69) is 0 Å². The van der Waals surface area contributed by atoms with Crippen LogP contribution in [0, 0.1) is 35.5 Å². The van der Waals surface area contributed by atoms with Crippen LogP contribution in [0.3, 0.4) is 0 Å². The van der Waals surface area contributed by atoms with Crippen molar-refractivity contribution in [3.05, 3.63) is 0 Å². The summed E-state index contributed by atoms with van der Waals surface area (Å²) in [6.07, 6.45) is 3.42. The van der Waals surface area contributed by atoms with E-state index >= 15 is 0 Å². The Balaban J connectivity index is 1.63. The van der Waals surface area contributed by atoms with Gasteiger partial charge in [0.1, 0.15) is 0 Å². The molecule has 0 aromatic rings. The normalized spacial score (nSPS) is 49.2. The van der Waals surface area contributed by atoms with Crippen LogP contribution in [-0.4, -0.2) is 11.9 Å². The third-order valence-corrected chi connectivity index (χ3v) is 4.87. The highest BCUT2D eigenvalue weighted by atomic mass is 16.4. The molecule has 4 heteroatoms. The van der Waals surface area contributed by atoms with Crippen LogP contribution in [0.15, 0.2) is 0 Å². The van der Waals surface area contributed by atoms with E-state index in [1.165, 1.54) is 0 Å². The Labute approximate surface area is 93.6 Å². The molecule has 16 heavy (non-hydrogen) atoms. The smallest absolute Gasteiger partial charge is 0.0451 e. The lowest BCUT2D eigenvalue weighted by Crippen LogP contribution is -2.26. The molecule has 0 amide bonds. The van der Waals surface area contributed by atoms with Crippen molar-refractivity contribution in [2.24, 2.45) is 35.5 Å². The van der Waals surface area contributed by atoms with Gasteiger partial charge in [-0.25, -0.2) is 0 Å². The quantitative estimate of drug-likeness (QED) is 0.587. The van der Waals surface area contributed by atoms with E-state index in [1.54, 1.807) is 0 Å². The SMILES string of the molecule is O=C([O-])C1[C@H]2CC[C@H]3C(C(=O)[O-])[C@@H]3CC[C@H]12. The van der Waals surface area contributed by atoms with E-state index in [9.17, 15) is 19.8 Å². The maximum Gasteiger partial charge on any atom is 0.0451 e. The molecule has 0 saturated heterocycles. The van der Waals surface area contributed by atoms with Gasteiger partial charge in [-0.15, -0.1) is 0 Å². The molecule has 4 nitrogen and oxygen atoms in total. The second kappa shape index (κ2) is 3.22. The molecule has 3 aliphatic carbocycles. The van der Waals surface area contributed by atoms with E-state index in [0.717, 1.165) is 25.7 Å². The van der Waals surface area contributed by atoms with Crippen molar-refractivity contribution in [1.29, 1.82) is 0 Å². The monoisotopic (exact) mass is 222 g/mol. The first-order valence-electron chi connectivity index (χ1n) is 6.03. The van der Waals surface area contributed by atoms with E-state index in [4.69, 9.17) is 0 Å². The molecule has 3 rings (SSSR count). The fraction of sp³-hybridized carbons (Fsp3) is 0.833. The van der Waals surface area contributed by atoms with Crippen LogP contribution >= 0.6 is 0 Å². The second-order valence-electron chi connectivity index (χ2n) is 5.50. The van der Waals surface area contributed by atoms with Crippen molar-refractivity contribution in [2.75, 3.05) is 0 Å². The molecule has 3 aliphatic rings. The van der Waals surface area contributed by atoms with Gasteiger partial charge in [0.25, 0.3) is 0 Å². The Kier molecular flexibility index (Phi) is 2.03. The molecule has 3 fully saturated rings. The Morgan fingerprint density at radius 1 is 0.688 bits per heavy atom. The van der Waals surface area contributed by atoms with Gasteiger partial charge in [0.15, 0.2) is 0 Å². The molecule has 0 aromatic heterocycles. The highest BCUT2D eigenvalue weighted by molar-refractivity contribution is 5.73. The number of carbonyl (C=O) groups is 2. The third kappa shape index (κ3) is 1.35. The van der Waals surface area contributed by atoms with Gasteiger partial charge in [0, 0.05) is 23.8 Å². The highest BCUT2D eigenvalue weighted by Crippen LogP contribution is 2.61. The van der Waals surface area contributed by atoms with Crippen molar-refractivity contribution >= 4 is 11.9 Å². The lowest BCUT2D eigenvalue weighted by molar-refractivity contribution is -0.310. The highest BCUT2D eigenvalue weighted by Gasteiger charge is 2.57. The molecule has 0 aromatic carbocycles. The van der Waals surface area contributed by atoms with E-state index in [0.29, 0.717) is 0 Å². The summed E-state index contributed by atoms with van der Waals surface area (Å²) in [6.45, 7) is 0. The average molecular weight is 222 g/mol. The Hall–Kier alpha value is -1.06. The third-order valence-electron chi connectivity index (χ3n) is 4.87. The molecule has 0 bridgehead atoms. The van der Waals surface area contributed by atoms with Crippen LogP contribution in [0.2, 0.25) is 0 Å². The Morgan fingerprint density at radius 2 is 0.938 bits per heavy atom. The minimum atomic E-state index is -0.915. The summed E-state index contributed by atoms with van der Waals surface area (Å²) < 4.78 is 0. The summed E-state index contributed by atoms with van der Waals surface area (Å²) in [4.78, 5) is 21.6. The number of aliphatic carboxylic acids is 2. The van der Waals surface area contributed by atoms with Gasteiger partial charge in [0.2, 0.25) is 0 Å². The van der Waals surface area contributed by atoms with Gasteiger partial charge in [-0.05, 0) is 49.4 Å². The second-order valence-corrected chi connectivity index (χ2v) is 5.50. The first kappa shape index (κ1) is 10.1. The zero-order chi connectivity index (χ0) is 11.4. The van der Waals surface area contributed by atoms with Crippen LogP contribution in [0.5, 0.6) is 0 Å². The lowest BCUT2D eigenvalue weighted by atomic mass is 10.0. The summed E-state index contributed by atoms with van der Waals surface area (Å²) in [5.74, 6) is -1.30. The van der Waals surface area contributed by atoms with Crippen molar-refractivity contribution in [3.8, 4) is 0 Å². The van der Waals surface area contributed by atoms with Crippen LogP contribution in [0.1, 0.15) is 25.7 Å². The van der Waals surface area contributed by atoms with Gasteiger partial charge < -0.3 is 19.8 Å². The molecular weight excluding hydrogens is 208 g/mol. The van der Waals surface area contributed by atoms with Crippen LogP contribution in [0.25, 0.3) is 0 Å². The Morgan fingerprint density at radius 3 is 1.12 bits per heavy atom. The number of hydrogen-bond donors (Lipinski definition) is 0. The summed E-state index contributed by atoms with van der Waals surface area (Å²) >= 11 is 0. The first-order chi connectivity index (χ1) is 7.61. The fourth-order valence-electron chi connectivity index (χ4n) is 3.93. The number of rotatable bonds is 2. The Bertz CT molecular complexity index is 297. The van der Waals surface area contributed by atoms with E-state index < -0.39 is 11.9 Å². The zero-order valence-electron chi connectivity index (χ0n) is 8.93. The van der Waals surface area contributed by atoms with Crippen molar-refractivity contribution in [1.82, 2.24) is 0 Å². The van der Waals surface area contributed by atoms with Crippen molar-refractivity contribution in [2.45, 2.75) is 25.7 Å². The first-order valence-corrected chi connectivity index (χ1v) is 6.03. The number of carbonyl (C=O) groups excluding carboxylic acids is 2. The van der Waals surface area contributed by atoms with Gasteiger partial charge in [-0.3, -0.25) is 0 Å². The lowest BCUT2D eigenvalue weighted by Gasteiger charge is -2.04. The molecule has 3 saturated carbocycles. The van der Waals surface area contributed by atoms with Gasteiger partial charge in [-0.1, -0.05) is 0 Å². The fourth-order valence-corrected chi connectivity index (χ4v) is 3.93. The summed E-state index contributed by atoms with van der Waals surface area (Å²) in [5, 5.41) is 21.6.